The van der Waals surface area contributed by atoms with Crippen molar-refractivity contribution in [2.24, 2.45) is 5.92 Å². The minimum atomic E-state index is -0.189. The lowest BCUT2D eigenvalue weighted by molar-refractivity contribution is 0.00732. The van der Waals surface area contributed by atoms with Crippen molar-refractivity contribution in [2.45, 2.75) is 43.9 Å². The van der Waals surface area contributed by atoms with Gasteiger partial charge in [-0.1, -0.05) is 0 Å². The first kappa shape index (κ1) is 22.9. The molecule has 2 N–H and O–H groups in total. The minimum absolute atomic E-state index is 0.0119. The van der Waals surface area contributed by atoms with Gasteiger partial charge in [0.05, 0.1) is 24.0 Å². The van der Waals surface area contributed by atoms with E-state index in [4.69, 9.17) is 19.4 Å². The standard InChI is InChI=1S/C26H31N7O3/c1-27-23-11-21(30-25-18(12-29-33(23)25)26(34)31-20-6-7-22(20)36-3)19-13-32(16-9-15(10-16)14-35-2)24-17(19)5-4-8-28-24/h4-5,8,11-13,15-16,20,22,27H,6-7,9-10,14H2,1-3H3,(H,31,34)/t15-,16+,20-,22-/m1/s1. The molecule has 0 spiro atoms. The normalized spacial score (nSPS) is 23.4. The van der Waals surface area contributed by atoms with Crippen molar-refractivity contribution in [2.75, 3.05) is 33.2 Å². The highest BCUT2D eigenvalue weighted by Crippen LogP contribution is 2.42. The Labute approximate surface area is 209 Å². The SMILES string of the molecule is CNc1cc(-c2cn([C@H]3C[C@@H](COC)C3)c3ncccc23)nc2c(C(=O)N[C@@H]3CC[C@H]3OC)cnn12. The molecule has 188 valence electrons. The van der Waals surface area contributed by atoms with Gasteiger partial charge in [-0.25, -0.2) is 9.97 Å². The molecule has 6 rings (SSSR count). The Balaban J connectivity index is 1.40. The molecule has 10 heteroatoms. The summed E-state index contributed by atoms with van der Waals surface area (Å²) in [6.07, 6.45) is 9.61. The largest absolute Gasteiger partial charge is 0.384 e. The van der Waals surface area contributed by atoms with E-state index in [1.54, 1.807) is 24.9 Å². The van der Waals surface area contributed by atoms with Gasteiger partial charge < -0.3 is 24.7 Å². The molecule has 0 unspecified atom stereocenters. The maximum Gasteiger partial charge on any atom is 0.257 e. The third-order valence-corrected chi connectivity index (χ3v) is 7.67. The number of methoxy groups -OCH3 is 2. The van der Waals surface area contributed by atoms with Crippen molar-refractivity contribution in [1.82, 2.24) is 29.5 Å². The Morgan fingerprint density at radius 1 is 1.22 bits per heavy atom. The molecule has 4 aromatic rings. The summed E-state index contributed by atoms with van der Waals surface area (Å²) in [4.78, 5) is 22.8. The monoisotopic (exact) mass is 489 g/mol. The van der Waals surface area contributed by atoms with E-state index in [2.05, 4.69) is 32.6 Å². The average Bonchev–Trinajstić information content (AvgIpc) is 3.45. The number of nitrogens with one attached hydrogen (secondary N) is 2. The predicted molar refractivity (Wildman–Crippen MR) is 136 cm³/mol. The molecule has 2 saturated carbocycles. The summed E-state index contributed by atoms with van der Waals surface area (Å²) < 4.78 is 14.7. The van der Waals surface area contributed by atoms with Gasteiger partial charge in [0.1, 0.15) is 17.0 Å². The summed E-state index contributed by atoms with van der Waals surface area (Å²) in [6.45, 7) is 0.789. The molecule has 0 aliphatic heterocycles. The van der Waals surface area contributed by atoms with Crippen molar-refractivity contribution in [3.05, 3.63) is 42.4 Å². The number of pyridine rings is 1. The van der Waals surface area contributed by atoms with E-state index in [9.17, 15) is 4.79 Å². The first-order valence-corrected chi connectivity index (χ1v) is 12.5. The van der Waals surface area contributed by atoms with Crippen LogP contribution in [0.25, 0.3) is 27.9 Å². The van der Waals surface area contributed by atoms with Crippen LogP contribution in [-0.4, -0.2) is 70.1 Å². The quantitative estimate of drug-likeness (QED) is 0.391. The number of nitrogens with zero attached hydrogens (tertiary/aromatic N) is 5. The van der Waals surface area contributed by atoms with Crippen LogP contribution in [0.4, 0.5) is 5.82 Å². The van der Waals surface area contributed by atoms with Gasteiger partial charge in [-0.3, -0.25) is 4.79 Å². The highest BCUT2D eigenvalue weighted by molar-refractivity contribution is 6.01. The van der Waals surface area contributed by atoms with E-state index in [0.29, 0.717) is 23.2 Å². The Kier molecular flexibility index (Phi) is 5.85. The van der Waals surface area contributed by atoms with Gasteiger partial charge in [0.2, 0.25) is 0 Å². The fraction of sp³-hybridized carbons (Fsp3) is 0.462. The van der Waals surface area contributed by atoms with Crippen LogP contribution in [0.2, 0.25) is 0 Å². The first-order chi connectivity index (χ1) is 17.6. The molecule has 2 fully saturated rings. The fourth-order valence-corrected chi connectivity index (χ4v) is 5.47. The number of rotatable bonds is 8. The maximum atomic E-state index is 13.2. The van der Waals surface area contributed by atoms with Crippen molar-refractivity contribution < 1.29 is 14.3 Å². The number of aromatic nitrogens is 5. The molecule has 4 heterocycles. The Morgan fingerprint density at radius 2 is 2.08 bits per heavy atom. The lowest BCUT2D eigenvalue weighted by atomic mass is 9.80. The second-order valence-corrected chi connectivity index (χ2v) is 9.77. The van der Waals surface area contributed by atoms with Crippen LogP contribution in [0.1, 0.15) is 42.1 Å². The van der Waals surface area contributed by atoms with Crippen LogP contribution < -0.4 is 10.6 Å². The van der Waals surface area contributed by atoms with Gasteiger partial charge in [0, 0.05) is 63.3 Å². The Bertz CT molecular complexity index is 1420. The van der Waals surface area contributed by atoms with E-state index in [1.807, 2.05) is 25.4 Å². The molecular weight excluding hydrogens is 458 g/mol. The van der Waals surface area contributed by atoms with Gasteiger partial charge in [0.25, 0.3) is 5.91 Å². The first-order valence-electron chi connectivity index (χ1n) is 12.5. The molecule has 0 saturated heterocycles. The molecule has 36 heavy (non-hydrogen) atoms. The van der Waals surface area contributed by atoms with Crippen LogP contribution in [0.15, 0.2) is 36.8 Å². The molecular formula is C26H31N7O3. The van der Waals surface area contributed by atoms with Crippen LogP contribution in [-0.2, 0) is 9.47 Å². The number of fused-ring (bicyclic) bond motifs is 2. The molecule has 0 radical (unpaired) electrons. The number of carbonyl (C=O) groups is 1. The molecule has 2 aliphatic rings. The minimum Gasteiger partial charge on any atom is -0.384 e. The molecule has 0 aromatic carbocycles. The Morgan fingerprint density at radius 3 is 2.81 bits per heavy atom. The van der Waals surface area contributed by atoms with Gasteiger partial charge in [0.15, 0.2) is 5.65 Å². The average molecular weight is 490 g/mol. The molecule has 0 bridgehead atoms. The zero-order valence-electron chi connectivity index (χ0n) is 20.8. The van der Waals surface area contributed by atoms with Gasteiger partial charge >= 0.3 is 0 Å². The highest BCUT2D eigenvalue weighted by atomic mass is 16.5. The van der Waals surface area contributed by atoms with Crippen LogP contribution in [0.3, 0.4) is 0 Å². The van der Waals surface area contributed by atoms with Crippen LogP contribution in [0, 0.1) is 5.92 Å². The summed E-state index contributed by atoms with van der Waals surface area (Å²) in [5.41, 5.74) is 3.65. The molecule has 10 nitrogen and oxygen atoms in total. The zero-order chi connectivity index (χ0) is 24.8. The second kappa shape index (κ2) is 9.18. The lowest BCUT2D eigenvalue weighted by Crippen LogP contribution is -2.51. The zero-order valence-corrected chi connectivity index (χ0v) is 20.8. The molecule has 2 atom stereocenters. The summed E-state index contributed by atoms with van der Waals surface area (Å²) in [5.74, 6) is 1.14. The van der Waals surface area contributed by atoms with E-state index in [-0.39, 0.29) is 18.1 Å². The van der Waals surface area contributed by atoms with Gasteiger partial charge in [-0.15, -0.1) is 0 Å². The molecule has 1 amide bonds. The number of anilines is 1. The number of carbonyl (C=O) groups excluding carboxylic acids is 1. The highest BCUT2D eigenvalue weighted by Gasteiger charge is 2.34. The van der Waals surface area contributed by atoms with Crippen molar-refractivity contribution in [3.8, 4) is 11.3 Å². The smallest absolute Gasteiger partial charge is 0.257 e. The lowest BCUT2D eigenvalue weighted by Gasteiger charge is -2.36. The predicted octanol–water partition coefficient (Wildman–Crippen LogP) is 3.29. The Hall–Kier alpha value is -3.50. The summed E-state index contributed by atoms with van der Waals surface area (Å²) in [6, 6.07) is 6.39. The maximum absolute atomic E-state index is 13.2. The van der Waals surface area contributed by atoms with E-state index in [1.165, 1.54) is 0 Å². The third-order valence-electron chi connectivity index (χ3n) is 7.67. The van der Waals surface area contributed by atoms with E-state index < -0.39 is 0 Å². The summed E-state index contributed by atoms with van der Waals surface area (Å²) >= 11 is 0. The third kappa shape index (κ3) is 3.72. The van der Waals surface area contributed by atoms with E-state index >= 15 is 0 Å². The molecule has 4 aromatic heterocycles. The van der Waals surface area contributed by atoms with Crippen molar-refractivity contribution in [3.63, 3.8) is 0 Å². The van der Waals surface area contributed by atoms with Gasteiger partial charge in [-0.05, 0) is 43.7 Å². The number of ether oxygens (including phenoxy) is 2. The summed E-state index contributed by atoms with van der Waals surface area (Å²) in [5, 5.41) is 11.8. The summed E-state index contributed by atoms with van der Waals surface area (Å²) in [7, 11) is 5.27. The van der Waals surface area contributed by atoms with Crippen LogP contribution in [0.5, 0.6) is 0 Å². The topological polar surface area (TPSA) is 108 Å². The van der Waals surface area contributed by atoms with Crippen LogP contribution >= 0.6 is 0 Å². The van der Waals surface area contributed by atoms with Crippen molar-refractivity contribution in [1.29, 1.82) is 0 Å². The fourth-order valence-electron chi connectivity index (χ4n) is 5.47. The number of hydrogen-bond acceptors (Lipinski definition) is 7. The number of amides is 1. The van der Waals surface area contributed by atoms with Gasteiger partial charge in [-0.2, -0.15) is 9.61 Å². The molecule has 2 aliphatic carbocycles. The number of hydrogen-bond donors (Lipinski definition) is 2. The second-order valence-electron chi connectivity index (χ2n) is 9.77. The van der Waals surface area contributed by atoms with E-state index in [0.717, 1.165) is 60.4 Å². The van der Waals surface area contributed by atoms with Crippen molar-refractivity contribution >= 4 is 28.4 Å².